The lowest BCUT2D eigenvalue weighted by atomic mass is 9.95. The highest BCUT2D eigenvalue weighted by molar-refractivity contribution is 7.92. The molecule has 2 aromatic rings. The monoisotopic (exact) mass is 442 g/mol. The quantitative estimate of drug-likeness (QED) is 0.673. The van der Waals surface area contributed by atoms with E-state index in [9.17, 15) is 13.2 Å². The van der Waals surface area contributed by atoms with Gasteiger partial charge in [0, 0.05) is 6.04 Å². The van der Waals surface area contributed by atoms with Crippen molar-refractivity contribution in [1.29, 1.82) is 0 Å². The Hall–Kier alpha value is -2.54. The van der Waals surface area contributed by atoms with Crippen molar-refractivity contribution >= 4 is 21.6 Å². The van der Waals surface area contributed by atoms with Crippen LogP contribution in [-0.2, 0) is 14.8 Å². The number of carbonyl (C=O) groups is 1. The lowest BCUT2D eigenvalue weighted by Gasteiger charge is -2.27. The van der Waals surface area contributed by atoms with Gasteiger partial charge in [-0.1, -0.05) is 24.1 Å². The number of sulfonamides is 1. The van der Waals surface area contributed by atoms with E-state index in [1.165, 1.54) is 17.1 Å². The van der Waals surface area contributed by atoms with Gasteiger partial charge in [0.1, 0.15) is 12.3 Å². The first-order chi connectivity index (χ1) is 14.9. The molecule has 1 amide bonds. The van der Waals surface area contributed by atoms with Crippen LogP contribution >= 0.6 is 0 Å². The Labute approximate surface area is 184 Å². The van der Waals surface area contributed by atoms with E-state index in [2.05, 4.69) is 5.32 Å². The number of aryl methyl sites for hydroxylation is 1. The second-order valence-corrected chi connectivity index (χ2v) is 10.5. The van der Waals surface area contributed by atoms with Crippen LogP contribution in [0.15, 0.2) is 53.4 Å². The van der Waals surface area contributed by atoms with Crippen molar-refractivity contribution in [2.45, 2.75) is 50.5 Å². The van der Waals surface area contributed by atoms with E-state index in [0.717, 1.165) is 18.4 Å². The number of rotatable bonds is 8. The van der Waals surface area contributed by atoms with Gasteiger partial charge in [-0.3, -0.25) is 9.10 Å². The molecule has 0 heterocycles. The summed E-state index contributed by atoms with van der Waals surface area (Å²) in [4.78, 5) is 13.1. The van der Waals surface area contributed by atoms with Crippen LogP contribution in [0.5, 0.6) is 5.75 Å². The van der Waals surface area contributed by atoms with E-state index >= 15 is 0 Å². The smallest absolute Gasteiger partial charge is 0.264 e. The summed E-state index contributed by atoms with van der Waals surface area (Å²) in [5.41, 5.74) is 1.41. The maximum Gasteiger partial charge on any atom is 0.264 e. The number of nitrogens with zero attached hydrogens (tertiary/aromatic N) is 1. The molecule has 4 rings (SSSR count). The van der Waals surface area contributed by atoms with Gasteiger partial charge < -0.3 is 10.1 Å². The van der Waals surface area contributed by atoms with Gasteiger partial charge in [-0.25, -0.2) is 8.42 Å². The van der Waals surface area contributed by atoms with Gasteiger partial charge in [0.15, 0.2) is 0 Å². The fourth-order valence-corrected chi connectivity index (χ4v) is 6.25. The molecule has 0 unspecified atom stereocenters. The molecule has 0 saturated heterocycles. The van der Waals surface area contributed by atoms with Crippen LogP contribution < -0.4 is 14.4 Å². The fourth-order valence-electron chi connectivity index (χ4n) is 4.83. The maximum absolute atomic E-state index is 13.5. The maximum atomic E-state index is 13.5. The number of anilines is 1. The third kappa shape index (κ3) is 4.71. The number of benzene rings is 2. The number of hydrogen-bond acceptors (Lipinski definition) is 4. The van der Waals surface area contributed by atoms with Crippen LogP contribution in [0.25, 0.3) is 0 Å². The summed E-state index contributed by atoms with van der Waals surface area (Å²) < 4.78 is 33.6. The topological polar surface area (TPSA) is 75.7 Å². The minimum atomic E-state index is -3.90. The van der Waals surface area contributed by atoms with Gasteiger partial charge in [-0.15, -0.1) is 0 Å². The van der Waals surface area contributed by atoms with Gasteiger partial charge in [0.25, 0.3) is 10.0 Å². The molecular weight excluding hydrogens is 412 g/mol. The predicted octanol–water partition coefficient (Wildman–Crippen LogP) is 3.89. The van der Waals surface area contributed by atoms with Gasteiger partial charge in [0.2, 0.25) is 5.91 Å². The van der Waals surface area contributed by atoms with E-state index in [-0.39, 0.29) is 23.4 Å². The summed E-state index contributed by atoms with van der Waals surface area (Å²) >= 11 is 0. The Bertz CT molecular complexity index is 1020. The molecule has 2 aromatic carbocycles. The molecule has 2 aliphatic carbocycles. The molecule has 6 nitrogen and oxygen atoms in total. The van der Waals surface area contributed by atoms with Gasteiger partial charge in [0.05, 0.1) is 17.2 Å². The Morgan fingerprint density at radius 2 is 1.77 bits per heavy atom. The van der Waals surface area contributed by atoms with Crippen molar-refractivity contribution in [3.63, 3.8) is 0 Å². The standard InChI is InChI=1S/C24H30N2O4S/c1-3-30-21-10-8-20(9-11-21)26(31(28,29)22-12-4-17(2)5-13-22)16-24(27)25-23-15-18-6-7-19(23)14-18/h4-5,8-13,18-19,23H,3,6-7,14-16H2,1-2H3,(H,25,27)/t18-,19+,23+/m1/s1. The summed E-state index contributed by atoms with van der Waals surface area (Å²) in [5.74, 6) is 1.63. The zero-order valence-corrected chi connectivity index (χ0v) is 18.9. The van der Waals surface area contributed by atoms with Crippen molar-refractivity contribution in [2.75, 3.05) is 17.5 Å². The fraction of sp³-hybridized carbons (Fsp3) is 0.458. The molecule has 3 atom stereocenters. The normalized spacial score (nSPS) is 22.3. The Morgan fingerprint density at radius 3 is 2.35 bits per heavy atom. The highest BCUT2D eigenvalue weighted by Gasteiger charge is 2.40. The average Bonchev–Trinajstić information content (AvgIpc) is 3.36. The van der Waals surface area contributed by atoms with E-state index in [1.54, 1.807) is 48.5 Å². The summed E-state index contributed by atoms with van der Waals surface area (Å²) in [6.07, 6.45) is 4.58. The molecule has 0 aliphatic heterocycles. The van der Waals surface area contributed by atoms with E-state index in [4.69, 9.17) is 4.74 Å². The number of amides is 1. The third-order valence-corrected chi connectivity index (χ3v) is 8.20. The lowest BCUT2D eigenvalue weighted by molar-refractivity contribution is -0.120. The molecule has 0 radical (unpaired) electrons. The Kier molecular flexibility index (Phi) is 6.23. The van der Waals surface area contributed by atoms with Crippen LogP contribution in [-0.4, -0.2) is 33.5 Å². The molecular formula is C24H30N2O4S. The van der Waals surface area contributed by atoms with Crippen LogP contribution in [0.1, 0.15) is 38.2 Å². The second kappa shape index (κ2) is 8.91. The molecule has 0 aromatic heterocycles. The number of carbonyl (C=O) groups excluding carboxylic acids is 1. The number of ether oxygens (including phenoxy) is 1. The highest BCUT2D eigenvalue weighted by atomic mass is 32.2. The number of fused-ring (bicyclic) bond motifs is 2. The molecule has 2 bridgehead atoms. The third-order valence-electron chi connectivity index (χ3n) is 6.42. The van der Waals surface area contributed by atoms with Crippen molar-refractivity contribution in [3.05, 3.63) is 54.1 Å². The first-order valence-electron chi connectivity index (χ1n) is 11.0. The zero-order valence-electron chi connectivity index (χ0n) is 18.1. The van der Waals surface area contributed by atoms with Crippen molar-refractivity contribution < 1.29 is 17.9 Å². The SMILES string of the molecule is CCOc1ccc(N(CC(=O)N[C@H]2C[C@@H]3CC[C@H]2C3)S(=O)(=O)c2ccc(C)cc2)cc1. The molecule has 2 saturated carbocycles. The highest BCUT2D eigenvalue weighted by Crippen LogP contribution is 2.44. The average molecular weight is 443 g/mol. The lowest BCUT2D eigenvalue weighted by Crippen LogP contribution is -2.46. The summed E-state index contributed by atoms with van der Waals surface area (Å²) in [7, 11) is -3.90. The first-order valence-corrected chi connectivity index (χ1v) is 12.4. The van der Waals surface area contributed by atoms with Crippen molar-refractivity contribution in [2.24, 2.45) is 11.8 Å². The van der Waals surface area contributed by atoms with Gasteiger partial charge >= 0.3 is 0 Å². The van der Waals surface area contributed by atoms with Crippen molar-refractivity contribution in [3.8, 4) is 5.75 Å². The molecule has 1 N–H and O–H groups in total. The van der Waals surface area contributed by atoms with Crippen LogP contribution in [0.4, 0.5) is 5.69 Å². The zero-order chi connectivity index (χ0) is 22.0. The van der Waals surface area contributed by atoms with Gasteiger partial charge in [-0.2, -0.15) is 0 Å². The van der Waals surface area contributed by atoms with Gasteiger partial charge in [-0.05, 0) is 81.3 Å². The summed E-state index contributed by atoms with van der Waals surface area (Å²) in [6.45, 7) is 4.07. The summed E-state index contributed by atoms with van der Waals surface area (Å²) in [5, 5.41) is 3.11. The van der Waals surface area contributed by atoms with E-state index in [0.29, 0.717) is 29.9 Å². The summed E-state index contributed by atoms with van der Waals surface area (Å²) in [6, 6.07) is 13.7. The van der Waals surface area contributed by atoms with E-state index in [1.807, 2.05) is 13.8 Å². The molecule has 0 spiro atoms. The van der Waals surface area contributed by atoms with Crippen LogP contribution in [0.2, 0.25) is 0 Å². The second-order valence-electron chi connectivity index (χ2n) is 8.60. The number of hydrogen-bond donors (Lipinski definition) is 1. The first kappa shape index (κ1) is 21.7. The van der Waals surface area contributed by atoms with Crippen LogP contribution in [0.3, 0.4) is 0 Å². The van der Waals surface area contributed by atoms with Crippen molar-refractivity contribution in [1.82, 2.24) is 5.32 Å². The minimum Gasteiger partial charge on any atom is -0.494 e. The Morgan fingerprint density at radius 1 is 1.06 bits per heavy atom. The molecule has 166 valence electrons. The minimum absolute atomic E-state index is 0.163. The van der Waals surface area contributed by atoms with E-state index < -0.39 is 10.0 Å². The molecule has 31 heavy (non-hydrogen) atoms. The molecule has 2 fully saturated rings. The Balaban J connectivity index is 1.58. The molecule has 2 aliphatic rings. The largest absolute Gasteiger partial charge is 0.494 e. The number of nitrogens with one attached hydrogen (secondary N) is 1. The van der Waals surface area contributed by atoms with Crippen LogP contribution in [0, 0.1) is 18.8 Å². The molecule has 7 heteroatoms. The predicted molar refractivity (Wildman–Crippen MR) is 121 cm³/mol.